The minimum atomic E-state index is -0.0303. The van der Waals surface area contributed by atoms with Crippen molar-refractivity contribution in [2.75, 3.05) is 18.0 Å². The van der Waals surface area contributed by atoms with Crippen LogP contribution in [0.25, 0.3) is 0 Å². The van der Waals surface area contributed by atoms with Crippen molar-refractivity contribution in [3.8, 4) is 0 Å². The van der Waals surface area contributed by atoms with E-state index in [1.165, 1.54) is 12.1 Å². The van der Waals surface area contributed by atoms with Gasteiger partial charge in [0.2, 0.25) is 0 Å². The third-order valence-electron chi connectivity index (χ3n) is 3.91. The molecule has 2 aromatic rings. The predicted octanol–water partition coefficient (Wildman–Crippen LogP) is 2.48. The molecular weight excluding hydrogens is 262 g/mol. The molecule has 1 N–H and O–H groups in total. The average Bonchev–Trinajstić information content (AvgIpc) is 3.03. The fourth-order valence-corrected chi connectivity index (χ4v) is 2.82. The summed E-state index contributed by atoms with van der Waals surface area (Å²) in [6, 6.07) is 14.2. The molecule has 4 nitrogen and oxygen atoms in total. The number of carbonyl (C=O) groups is 1. The Hall–Kier alpha value is -2.36. The van der Waals surface area contributed by atoms with Gasteiger partial charge in [0.25, 0.3) is 5.91 Å². The molecule has 1 saturated heterocycles. The first-order valence-corrected chi connectivity index (χ1v) is 7.34. The Balaban J connectivity index is 1.61. The van der Waals surface area contributed by atoms with Crippen LogP contribution in [0.3, 0.4) is 0 Å². The number of hydrogen-bond acceptors (Lipinski definition) is 3. The monoisotopic (exact) mass is 281 g/mol. The standard InChI is InChI=1S/C17H19N3O/c21-17(14-8-10-18-11-9-14)19-13-16-7-4-12-20(16)15-5-2-1-3-6-15/h1-3,5-6,8-11,16H,4,7,12-13H2,(H,19,21)/t16-/m0/s1. The van der Waals surface area contributed by atoms with Gasteiger partial charge in [-0.3, -0.25) is 9.78 Å². The Morgan fingerprint density at radius 1 is 1.19 bits per heavy atom. The molecule has 0 unspecified atom stereocenters. The van der Waals surface area contributed by atoms with Crippen LogP contribution in [0, 0.1) is 0 Å². The summed E-state index contributed by atoms with van der Waals surface area (Å²) in [5.74, 6) is -0.0303. The van der Waals surface area contributed by atoms with Gasteiger partial charge in [-0.2, -0.15) is 0 Å². The van der Waals surface area contributed by atoms with Gasteiger partial charge in [-0.1, -0.05) is 18.2 Å². The maximum Gasteiger partial charge on any atom is 0.251 e. The molecular formula is C17H19N3O. The first-order chi connectivity index (χ1) is 10.3. The van der Waals surface area contributed by atoms with Crippen LogP contribution >= 0.6 is 0 Å². The predicted molar refractivity (Wildman–Crippen MR) is 83.4 cm³/mol. The van der Waals surface area contributed by atoms with Crippen LogP contribution in [0.2, 0.25) is 0 Å². The summed E-state index contributed by atoms with van der Waals surface area (Å²) in [6.07, 6.45) is 5.57. The third kappa shape index (κ3) is 3.21. The van der Waals surface area contributed by atoms with Crippen LogP contribution in [0.1, 0.15) is 23.2 Å². The van der Waals surface area contributed by atoms with E-state index in [1.807, 2.05) is 6.07 Å². The number of nitrogens with zero attached hydrogens (tertiary/aromatic N) is 2. The summed E-state index contributed by atoms with van der Waals surface area (Å²) in [4.78, 5) is 18.4. The molecule has 21 heavy (non-hydrogen) atoms. The Morgan fingerprint density at radius 2 is 1.95 bits per heavy atom. The van der Waals surface area contributed by atoms with Crippen LogP contribution in [-0.2, 0) is 0 Å². The van der Waals surface area contributed by atoms with Gasteiger partial charge in [-0.05, 0) is 37.1 Å². The molecule has 1 amide bonds. The van der Waals surface area contributed by atoms with Gasteiger partial charge in [0, 0.05) is 42.8 Å². The summed E-state index contributed by atoms with van der Waals surface area (Å²) in [5, 5.41) is 3.03. The van der Waals surface area contributed by atoms with E-state index < -0.39 is 0 Å². The maximum absolute atomic E-state index is 12.1. The summed E-state index contributed by atoms with van der Waals surface area (Å²) < 4.78 is 0. The molecule has 4 heteroatoms. The number of para-hydroxylation sites is 1. The van der Waals surface area contributed by atoms with Crippen LogP contribution in [-0.4, -0.2) is 30.0 Å². The molecule has 1 aromatic carbocycles. The van der Waals surface area contributed by atoms with Gasteiger partial charge in [0.15, 0.2) is 0 Å². The SMILES string of the molecule is O=C(NC[C@@H]1CCCN1c1ccccc1)c1ccncc1. The molecule has 0 saturated carbocycles. The highest BCUT2D eigenvalue weighted by molar-refractivity contribution is 5.94. The summed E-state index contributed by atoms with van der Waals surface area (Å²) >= 11 is 0. The first-order valence-electron chi connectivity index (χ1n) is 7.34. The number of anilines is 1. The molecule has 0 aliphatic carbocycles. The first kappa shape index (κ1) is 13.6. The van der Waals surface area contributed by atoms with E-state index in [2.05, 4.69) is 39.5 Å². The second-order valence-electron chi connectivity index (χ2n) is 5.27. The zero-order chi connectivity index (χ0) is 14.5. The lowest BCUT2D eigenvalue weighted by Crippen LogP contribution is -2.40. The normalized spacial score (nSPS) is 17.7. The number of benzene rings is 1. The molecule has 0 bridgehead atoms. The van der Waals surface area contributed by atoms with Crippen molar-refractivity contribution in [1.29, 1.82) is 0 Å². The maximum atomic E-state index is 12.1. The van der Waals surface area contributed by atoms with Crippen molar-refractivity contribution in [2.45, 2.75) is 18.9 Å². The van der Waals surface area contributed by atoms with Crippen LogP contribution in [0.15, 0.2) is 54.9 Å². The Bertz CT molecular complexity index is 585. The molecule has 1 aliphatic heterocycles. The van der Waals surface area contributed by atoms with Gasteiger partial charge in [0.1, 0.15) is 0 Å². The number of aromatic nitrogens is 1. The van der Waals surface area contributed by atoms with Crippen molar-refractivity contribution in [2.24, 2.45) is 0 Å². The molecule has 108 valence electrons. The minimum Gasteiger partial charge on any atom is -0.367 e. The Labute approximate surface area is 124 Å². The molecule has 1 fully saturated rings. The lowest BCUT2D eigenvalue weighted by atomic mass is 10.2. The summed E-state index contributed by atoms with van der Waals surface area (Å²) in [5.41, 5.74) is 1.90. The lowest BCUT2D eigenvalue weighted by molar-refractivity contribution is 0.0951. The zero-order valence-corrected chi connectivity index (χ0v) is 11.9. The fraction of sp³-hybridized carbons (Fsp3) is 0.294. The molecule has 3 rings (SSSR count). The quantitative estimate of drug-likeness (QED) is 0.936. The van der Waals surface area contributed by atoms with Crippen molar-refractivity contribution < 1.29 is 4.79 Å². The van der Waals surface area contributed by atoms with Gasteiger partial charge >= 0.3 is 0 Å². The second-order valence-corrected chi connectivity index (χ2v) is 5.27. The topological polar surface area (TPSA) is 45.2 Å². The van der Waals surface area contributed by atoms with Gasteiger partial charge in [-0.25, -0.2) is 0 Å². The van der Waals surface area contributed by atoms with Crippen molar-refractivity contribution in [1.82, 2.24) is 10.3 Å². The van der Waals surface area contributed by atoms with E-state index in [-0.39, 0.29) is 5.91 Å². The van der Waals surface area contributed by atoms with Crippen LogP contribution < -0.4 is 10.2 Å². The summed E-state index contributed by atoms with van der Waals surface area (Å²) in [6.45, 7) is 1.73. The van der Waals surface area contributed by atoms with Gasteiger partial charge in [-0.15, -0.1) is 0 Å². The number of rotatable bonds is 4. The van der Waals surface area contributed by atoms with E-state index in [1.54, 1.807) is 24.5 Å². The number of pyridine rings is 1. The third-order valence-corrected chi connectivity index (χ3v) is 3.91. The van der Waals surface area contributed by atoms with E-state index in [4.69, 9.17) is 0 Å². The van der Waals surface area contributed by atoms with E-state index in [9.17, 15) is 4.79 Å². The van der Waals surface area contributed by atoms with Crippen LogP contribution in [0.4, 0.5) is 5.69 Å². The largest absolute Gasteiger partial charge is 0.367 e. The van der Waals surface area contributed by atoms with Gasteiger partial charge in [0.05, 0.1) is 0 Å². The average molecular weight is 281 g/mol. The minimum absolute atomic E-state index is 0.0303. The number of amides is 1. The lowest BCUT2D eigenvalue weighted by Gasteiger charge is -2.27. The Morgan fingerprint density at radius 3 is 2.71 bits per heavy atom. The number of nitrogens with one attached hydrogen (secondary N) is 1. The Kier molecular flexibility index (Phi) is 4.15. The molecule has 1 aromatic heterocycles. The molecule has 1 aliphatic rings. The highest BCUT2D eigenvalue weighted by atomic mass is 16.1. The van der Waals surface area contributed by atoms with Crippen LogP contribution in [0.5, 0.6) is 0 Å². The smallest absolute Gasteiger partial charge is 0.251 e. The highest BCUT2D eigenvalue weighted by Crippen LogP contribution is 2.24. The molecule has 2 heterocycles. The van der Waals surface area contributed by atoms with E-state index in [0.717, 1.165) is 13.0 Å². The van der Waals surface area contributed by atoms with E-state index in [0.29, 0.717) is 18.2 Å². The summed E-state index contributed by atoms with van der Waals surface area (Å²) in [7, 11) is 0. The number of hydrogen-bond donors (Lipinski definition) is 1. The highest BCUT2D eigenvalue weighted by Gasteiger charge is 2.24. The van der Waals surface area contributed by atoms with Crippen molar-refractivity contribution in [3.05, 3.63) is 60.4 Å². The van der Waals surface area contributed by atoms with Crippen molar-refractivity contribution >= 4 is 11.6 Å². The molecule has 1 atom stereocenters. The number of carbonyl (C=O) groups excluding carboxylic acids is 1. The fourth-order valence-electron chi connectivity index (χ4n) is 2.82. The van der Waals surface area contributed by atoms with Gasteiger partial charge < -0.3 is 10.2 Å². The zero-order valence-electron chi connectivity index (χ0n) is 11.9. The molecule has 0 radical (unpaired) electrons. The van der Waals surface area contributed by atoms with Crippen molar-refractivity contribution in [3.63, 3.8) is 0 Å². The van der Waals surface area contributed by atoms with E-state index >= 15 is 0 Å². The molecule has 0 spiro atoms. The second kappa shape index (κ2) is 6.39.